The van der Waals surface area contributed by atoms with Crippen LogP contribution in [0.1, 0.15) is 0 Å². The van der Waals surface area contributed by atoms with Crippen LogP contribution in [0.25, 0.3) is 0 Å². The normalized spacial score (nSPS) is 9.56. The molecule has 1 N–H and O–H groups in total. The maximum atomic E-state index is 7.06. The highest BCUT2D eigenvalue weighted by Crippen LogP contribution is 2.22. The largest absolute Gasteiger partial charge is 0.295 e. The number of rotatable bonds is 0. The van der Waals surface area contributed by atoms with Crippen molar-refractivity contribution in [2.45, 2.75) is 0 Å². The fourth-order valence-corrected chi connectivity index (χ4v) is 0.659. The average Bonchev–Trinajstić information content (AvgIpc) is 1.83. The van der Waals surface area contributed by atoms with Crippen molar-refractivity contribution in [2.75, 3.05) is 0 Å². The standard InChI is InChI=1S/C4H2Cl2N3/c5-3-2(7)4(6)9-1-8-3/h1,7H. The van der Waals surface area contributed by atoms with Gasteiger partial charge in [0.2, 0.25) is 0 Å². The van der Waals surface area contributed by atoms with E-state index in [4.69, 9.17) is 28.9 Å². The summed E-state index contributed by atoms with van der Waals surface area (Å²) < 4.78 is 0. The summed E-state index contributed by atoms with van der Waals surface area (Å²) in [6.07, 6.45) is 1.21. The Morgan fingerprint density at radius 2 is 1.67 bits per heavy atom. The summed E-state index contributed by atoms with van der Waals surface area (Å²) in [6, 6.07) is 0. The molecular weight excluding hydrogens is 161 g/mol. The van der Waals surface area contributed by atoms with Gasteiger partial charge in [-0.05, 0) is 0 Å². The highest BCUT2D eigenvalue weighted by Gasteiger charge is 2.01. The van der Waals surface area contributed by atoms with E-state index >= 15 is 0 Å². The van der Waals surface area contributed by atoms with E-state index < -0.39 is 0 Å². The van der Waals surface area contributed by atoms with Crippen LogP contribution in [0, 0.1) is 0 Å². The zero-order valence-corrected chi connectivity index (χ0v) is 5.74. The molecule has 0 bridgehead atoms. The summed E-state index contributed by atoms with van der Waals surface area (Å²) in [5.74, 6) is 0. The van der Waals surface area contributed by atoms with Crippen LogP contribution < -0.4 is 5.73 Å². The first-order chi connectivity index (χ1) is 4.22. The van der Waals surface area contributed by atoms with Gasteiger partial charge in [-0.25, -0.2) is 9.97 Å². The molecule has 0 spiro atoms. The number of aromatic nitrogens is 2. The Labute approximate surface area is 61.8 Å². The molecule has 1 aromatic heterocycles. The SMILES string of the molecule is [NH]c1c(Cl)ncnc1Cl. The van der Waals surface area contributed by atoms with Crippen molar-refractivity contribution in [2.24, 2.45) is 0 Å². The Kier molecular flexibility index (Phi) is 1.73. The first kappa shape index (κ1) is 6.58. The predicted octanol–water partition coefficient (Wildman–Crippen LogP) is 1.70. The Balaban J connectivity index is 3.25. The van der Waals surface area contributed by atoms with Gasteiger partial charge in [-0.1, -0.05) is 23.2 Å². The third-order valence-corrected chi connectivity index (χ3v) is 1.33. The van der Waals surface area contributed by atoms with Crippen molar-refractivity contribution in [3.8, 4) is 0 Å². The lowest BCUT2D eigenvalue weighted by molar-refractivity contribution is 1.15. The van der Waals surface area contributed by atoms with Crippen LogP contribution in [0.15, 0.2) is 6.33 Å². The van der Waals surface area contributed by atoms with Gasteiger partial charge in [0.15, 0.2) is 10.3 Å². The molecule has 3 nitrogen and oxygen atoms in total. The van der Waals surface area contributed by atoms with Crippen molar-refractivity contribution in [3.63, 3.8) is 0 Å². The lowest BCUT2D eigenvalue weighted by Crippen LogP contribution is -1.82. The number of hydrogen-bond donors (Lipinski definition) is 0. The topological polar surface area (TPSA) is 49.6 Å². The molecule has 1 radical (unpaired) electrons. The third kappa shape index (κ3) is 1.23. The summed E-state index contributed by atoms with van der Waals surface area (Å²) in [7, 11) is 0. The van der Waals surface area contributed by atoms with Crippen LogP contribution in [-0.2, 0) is 0 Å². The minimum Gasteiger partial charge on any atom is -0.295 e. The van der Waals surface area contributed by atoms with Gasteiger partial charge in [-0.3, -0.25) is 5.73 Å². The van der Waals surface area contributed by atoms with Gasteiger partial charge < -0.3 is 0 Å². The Morgan fingerprint density at radius 3 is 2.00 bits per heavy atom. The molecule has 0 saturated heterocycles. The molecule has 0 unspecified atom stereocenters. The predicted molar refractivity (Wildman–Crippen MR) is 34.8 cm³/mol. The first-order valence-electron chi connectivity index (χ1n) is 2.09. The molecule has 47 valence electrons. The Bertz CT molecular complexity index is 205. The van der Waals surface area contributed by atoms with E-state index in [0.717, 1.165) is 0 Å². The molecule has 5 heteroatoms. The number of nitrogens with zero attached hydrogens (tertiary/aromatic N) is 2. The van der Waals surface area contributed by atoms with Gasteiger partial charge in [0.25, 0.3) is 0 Å². The van der Waals surface area contributed by atoms with E-state index in [1.165, 1.54) is 6.33 Å². The number of nitrogens with one attached hydrogen (secondary N) is 1. The number of hydrogen-bond acceptors (Lipinski definition) is 2. The van der Waals surface area contributed by atoms with Gasteiger partial charge in [0.05, 0.1) is 0 Å². The molecule has 0 saturated carbocycles. The van der Waals surface area contributed by atoms with Crippen LogP contribution in [-0.4, -0.2) is 9.97 Å². The lowest BCUT2D eigenvalue weighted by Gasteiger charge is -1.93. The molecule has 1 aromatic rings. The summed E-state index contributed by atoms with van der Waals surface area (Å²) >= 11 is 10.8. The molecule has 1 heterocycles. The molecule has 1 rings (SSSR count). The van der Waals surface area contributed by atoms with Crippen LogP contribution in [0.4, 0.5) is 5.69 Å². The van der Waals surface area contributed by atoms with Crippen molar-refractivity contribution >= 4 is 28.9 Å². The van der Waals surface area contributed by atoms with Crippen molar-refractivity contribution in [3.05, 3.63) is 16.6 Å². The van der Waals surface area contributed by atoms with Gasteiger partial charge in [-0.15, -0.1) is 0 Å². The molecule has 0 aliphatic carbocycles. The summed E-state index contributed by atoms with van der Waals surface area (Å²) in [5.41, 5.74) is 7.03. The second-order valence-electron chi connectivity index (χ2n) is 1.33. The van der Waals surface area contributed by atoms with E-state index in [9.17, 15) is 0 Å². The Hall–Kier alpha value is -0.540. The van der Waals surface area contributed by atoms with Crippen molar-refractivity contribution in [1.82, 2.24) is 15.7 Å². The lowest BCUT2D eigenvalue weighted by atomic mass is 10.6. The minimum atomic E-state index is -0.0270. The second-order valence-corrected chi connectivity index (χ2v) is 2.05. The zero-order chi connectivity index (χ0) is 6.85. The van der Waals surface area contributed by atoms with Crippen molar-refractivity contribution in [1.29, 1.82) is 0 Å². The summed E-state index contributed by atoms with van der Waals surface area (Å²) in [4.78, 5) is 7.04. The Morgan fingerprint density at radius 1 is 1.22 bits per heavy atom. The smallest absolute Gasteiger partial charge is 0.158 e. The zero-order valence-electron chi connectivity index (χ0n) is 4.23. The van der Waals surface area contributed by atoms with E-state index in [2.05, 4.69) is 9.97 Å². The molecule has 0 fully saturated rings. The highest BCUT2D eigenvalue weighted by molar-refractivity contribution is 6.36. The van der Waals surface area contributed by atoms with E-state index in [0.29, 0.717) is 0 Å². The van der Waals surface area contributed by atoms with E-state index in [1.54, 1.807) is 0 Å². The molecule has 0 aromatic carbocycles. The van der Waals surface area contributed by atoms with Crippen molar-refractivity contribution < 1.29 is 0 Å². The molecule has 0 amide bonds. The fourth-order valence-electron chi connectivity index (χ4n) is 0.344. The van der Waals surface area contributed by atoms with Gasteiger partial charge in [0.1, 0.15) is 12.0 Å². The van der Waals surface area contributed by atoms with E-state index in [1.807, 2.05) is 0 Å². The molecule has 0 aliphatic rings. The second kappa shape index (κ2) is 2.37. The third-order valence-electron chi connectivity index (χ3n) is 0.755. The van der Waals surface area contributed by atoms with Gasteiger partial charge in [-0.2, -0.15) is 0 Å². The summed E-state index contributed by atoms with van der Waals surface area (Å²) in [5, 5.41) is 0.157. The minimum absolute atomic E-state index is 0.0270. The van der Waals surface area contributed by atoms with Gasteiger partial charge >= 0.3 is 0 Å². The maximum absolute atomic E-state index is 7.06. The average molecular weight is 163 g/mol. The van der Waals surface area contributed by atoms with Gasteiger partial charge in [0, 0.05) is 0 Å². The maximum Gasteiger partial charge on any atom is 0.158 e. The quantitative estimate of drug-likeness (QED) is 0.546. The molecule has 0 aliphatic heterocycles. The molecule has 0 atom stereocenters. The fraction of sp³-hybridized carbons (Fsp3) is 0. The first-order valence-corrected chi connectivity index (χ1v) is 2.85. The van der Waals surface area contributed by atoms with Crippen LogP contribution in [0.5, 0.6) is 0 Å². The number of halogens is 2. The molecular formula is C4H2Cl2N3. The van der Waals surface area contributed by atoms with E-state index in [-0.39, 0.29) is 16.0 Å². The monoisotopic (exact) mass is 162 g/mol. The summed E-state index contributed by atoms with van der Waals surface area (Å²) in [6.45, 7) is 0. The molecule has 9 heavy (non-hydrogen) atoms. The van der Waals surface area contributed by atoms with Crippen LogP contribution in [0.2, 0.25) is 10.3 Å². The van der Waals surface area contributed by atoms with Crippen LogP contribution >= 0.6 is 23.2 Å². The van der Waals surface area contributed by atoms with Crippen LogP contribution in [0.3, 0.4) is 0 Å². The highest BCUT2D eigenvalue weighted by atomic mass is 35.5.